The summed E-state index contributed by atoms with van der Waals surface area (Å²) in [6, 6.07) is 23.5. The smallest absolute Gasteiger partial charge is 0.250 e. The number of hydrogen-bond acceptors (Lipinski definition) is 6. The molecule has 0 fully saturated rings. The highest BCUT2D eigenvalue weighted by molar-refractivity contribution is 7.99. The largest absolute Gasteiger partial charge is 0.508 e. The molecule has 0 unspecified atom stereocenters. The van der Waals surface area contributed by atoms with E-state index in [2.05, 4.69) is 20.7 Å². The third-order valence-electron chi connectivity index (χ3n) is 4.38. The second-order valence-electron chi connectivity index (χ2n) is 6.66. The first-order valence-corrected chi connectivity index (χ1v) is 11.0. The van der Waals surface area contributed by atoms with Crippen molar-refractivity contribution >= 4 is 35.5 Å². The number of nitrogens with one attached hydrogen (secondary N) is 1. The summed E-state index contributed by atoms with van der Waals surface area (Å²) in [6.45, 7) is 0. The number of aromatic nitrogens is 3. The number of benzene rings is 3. The van der Waals surface area contributed by atoms with Crippen LogP contribution in [0, 0.1) is 0 Å². The molecule has 0 saturated carbocycles. The Kier molecular flexibility index (Phi) is 6.84. The molecule has 3 aromatic carbocycles. The molecular weight excluding hydrogens is 446 g/mol. The van der Waals surface area contributed by atoms with Crippen LogP contribution >= 0.6 is 23.4 Å². The number of halogens is 1. The van der Waals surface area contributed by atoms with Gasteiger partial charge in [-0.15, -0.1) is 10.2 Å². The summed E-state index contributed by atoms with van der Waals surface area (Å²) in [7, 11) is 0. The lowest BCUT2D eigenvalue weighted by Crippen LogP contribution is -2.20. The number of carbonyl (C=O) groups is 1. The van der Waals surface area contributed by atoms with Crippen LogP contribution in [0.25, 0.3) is 17.1 Å². The van der Waals surface area contributed by atoms with E-state index < -0.39 is 0 Å². The number of aromatic hydroxyl groups is 1. The van der Waals surface area contributed by atoms with E-state index in [0.29, 0.717) is 16.0 Å². The number of amides is 1. The number of hydrazone groups is 1. The molecule has 32 heavy (non-hydrogen) atoms. The maximum absolute atomic E-state index is 12.3. The topological polar surface area (TPSA) is 92.4 Å². The first kappa shape index (κ1) is 21.6. The second-order valence-corrected chi connectivity index (χ2v) is 8.04. The molecule has 7 nitrogen and oxygen atoms in total. The van der Waals surface area contributed by atoms with Crippen molar-refractivity contribution in [3.63, 3.8) is 0 Å². The average molecular weight is 464 g/mol. The monoisotopic (exact) mass is 463 g/mol. The van der Waals surface area contributed by atoms with Gasteiger partial charge in [0.2, 0.25) is 0 Å². The third-order valence-corrected chi connectivity index (χ3v) is 5.56. The normalized spacial score (nSPS) is 11.0. The molecule has 4 aromatic rings. The lowest BCUT2D eigenvalue weighted by atomic mass is 10.2. The highest BCUT2D eigenvalue weighted by Crippen LogP contribution is 2.28. The first-order valence-electron chi connectivity index (χ1n) is 9.60. The van der Waals surface area contributed by atoms with Crippen LogP contribution in [0.2, 0.25) is 5.02 Å². The molecule has 9 heteroatoms. The van der Waals surface area contributed by atoms with E-state index in [9.17, 15) is 9.90 Å². The number of carbonyl (C=O) groups excluding carboxylic acids is 1. The van der Waals surface area contributed by atoms with Gasteiger partial charge in [-0.25, -0.2) is 5.43 Å². The fourth-order valence-corrected chi connectivity index (χ4v) is 3.73. The van der Waals surface area contributed by atoms with Gasteiger partial charge in [0.1, 0.15) is 5.75 Å². The molecule has 0 bridgehead atoms. The van der Waals surface area contributed by atoms with E-state index in [1.807, 2.05) is 47.0 Å². The average Bonchev–Trinajstić information content (AvgIpc) is 3.24. The van der Waals surface area contributed by atoms with Crippen LogP contribution in [0.3, 0.4) is 0 Å². The maximum atomic E-state index is 12.3. The fourth-order valence-electron chi connectivity index (χ4n) is 2.86. The summed E-state index contributed by atoms with van der Waals surface area (Å²) in [5.74, 6) is 0.661. The van der Waals surface area contributed by atoms with Gasteiger partial charge in [0, 0.05) is 16.3 Å². The Bertz CT molecular complexity index is 1230. The molecule has 0 aliphatic rings. The maximum Gasteiger partial charge on any atom is 0.250 e. The van der Waals surface area contributed by atoms with Gasteiger partial charge in [0.15, 0.2) is 11.0 Å². The predicted molar refractivity (Wildman–Crippen MR) is 126 cm³/mol. The Labute approximate surface area is 193 Å². The van der Waals surface area contributed by atoms with Crippen LogP contribution in [0.1, 0.15) is 5.56 Å². The molecule has 4 rings (SSSR count). The first-order chi connectivity index (χ1) is 15.6. The number of rotatable bonds is 7. The minimum atomic E-state index is -0.281. The van der Waals surface area contributed by atoms with Gasteiger partial charge in [0.25, 0.3) is 5.91 Å². The lowest BCUT2D eigenvalue weighted by molar-refractivity contribution is -0.118. The van der Waals surface area contributed by atoms with Gasteiger partial charge in [-0.2, -0.15) is 5.10 Å². The molecule has 0 spiro atoms. The van der Waals surface area contributed by atoms with Crippen molar-refractivity contribution in [1.29, 1.82) is 0 Å². The summed E-state index contributed by atoms with van der Waals surface area (Å²) in [5, 5.41) is 23.1. The number of hydrogen-bond donors (Lipinski definition) is 2. The number of phenolic OH excluding ortho intramolecular Hbond substituents is 1. The zero-order valence-electron chi connectivity index (χ0n) is 16.7. The van der Waals surface area contributed by atoms with Crippen molar-refractivity contribution in [1.82, 2.24) is 20.2 Å². The number of thioether (sulfide) groups is 1. The van der Waals surface area contributed by atoms with Gasteiger partial charge in [0.05, 0.1) is 12.0 Å². The van der Waals surface area contributed by atoms with Crippen molar-refractivity contribution in [3.8, 4) is 22.8 Å². The predicted octanol–water partition coefficient (Wildman–Crippen LogP) is 4.54. The van der Waals surface area contributed by atoms with Gasteiger partial charge in [-0.05, 0) is 54.1 Å². The van der Waals surface area contributed by atoms with Crippen molar-refractivity contribution in [2.45, 2.75) is 5.16 Å². The van der Waals surface area contributed by atoms with Gasteiger partial charge in [-0.1, -0.05) is 53.7 Å². The summed E-state index contributed by atoms with van der Waals surface area (Å²) in [5.41, 5.74) is 5.00. The van der Waals surface area contributed by atoms with Gasteiger partial charge in [-0.3, -0.25) is 9.36 Å². The molecular formula is C23H18ClN5O2S. The van der Waals surface area contributed by atoms with Crippen molar-refractivity contribution in [2.75, 3.05) is 5.75 Å². The Morgan fingerprint density at radius 2 is 1.75 bits per heavy atom. The zero-order chi connectivity index (χ0) is 22.3. The molecule has 2 N–H and O–H groups in total. The molecule has 1 amide bonds. The molecule has 0 aliphatic heterocycles. The lowest BCUT2D eigenvalue weighted by Gasteiger charge is -2.10. The Balaban J connectivity index is 1.49. The van der Waals surface area contributed by atoms with E-state index in [1.165, 1.54) is 18.0 Å². The summed E-state index contributed by atoms with van der Waals surface area (Å²) in [4.78, 5) is 12.3. The standard InChI is InChI=1S/C23H18ClN5O2S/c24-18-8-10-19(11-9-18)29-22(17-4-2-1-3-5-17)27-28-23(29)32-15-21(31)26-25-14-16-6-12-20(30)13-7-16/h1-14,30H,15H2,(H,26,31)/b25-14+. The summed E-state index contributed by atoms with van der Waals surface area (Å²) in [6.07, 6.45) is 1.51. The minimum Gasteiger partial charge on any atom is -0.508 e. The van der Waals surface area contributed by atoms with Gasteiger partial charge < -0.3 is 5.11 Å². The summed E-state index contributed by atoms with van der Waals surface area (Å²) >= 11 is 7.30. The van der Waals surface area contributed by atoms with Crippen LogP contribution in [0.15, 0.2) is 89.1 Å². The summed E-state index contributed by atoms with van der Waals surface area (Å²) < 4.78 is 1.89. The van der Waals surface area contributed by atoms with E-state index in [-0.39, 0.29) is 17.4 Å². The quantitative estimate of drug-likeness (QED) is 0.238. The van der Waals surface area contributed by atoms with Crippen LogP contribution in [0.4, 0.5) is 0 Å². The molecule has 0 aliphatic carbocycles. The molecule has 0 saturated heterocycles. The van der Waals surface area contributed by atoms with E-state index >= 15 is 0 Å². The molecule has 0 radical (unpaired) electrons. The molecule has 1 heterocycles. The second kappa shape index (κ2) is 10.1. The van der Waals surface area contributed by atoms with E-state index in [0.717, 1.165) is 16.8 Å². The van der Waals surface area contributed by atoms with E-state index in [1.54, 1.807) is 36.4 Å². The van der Waals surface area contributed by atoms with Crippen LogP contribution in [-0.2, 0) is 4.79 Å². The minimum absolute atomic E-state index is 0.105. The van der Waals surface area contributed by atoms with E-state index in [4.69, 9.17) is 11.6 Å². The van der Waals surface area contributed by atoms with Crippen molar-refractivity contribution in [3.05, 3.63) is 89.4 Å². The Hall–Kier alpha value is -3.62. The van der Waals surface area contributed by atoms with Crippen LogP contribution in [0.5, 0.6) is 5.75 Å². The fraction of sp³-hybridized carbons (Fsp3) is 0.0435. The Morgan fingerprint density at radius 3 is 2.47 bits per heavy atom. The van der Waals surface area contributed by atoms with Crippen molar-refractivity contribution in [2.24, 2.45) is 5.10 Å². The third kappa shape index (κ3) is 5.35. The van der Waals surface area contributed by atoms with Crippen molar-refractivity contribution < 1.29 is 9.90 Å². The molecule has 160 valence electrons. The molecule has 0 atom stereocenters. The van der Waals surface area contributed by atoms with Gasteiger partial charge >= 0.3 is 0 Å². The Morgan fingerprint density at radius 1 is 1.03 bits per heavy atom. The SMILES string of the molecule is O=C(CSc1nnc(-c2ccccc2)n1-c1ccc(Cl)cc1)N/N=C/c1ccc(O)cc1. The van der Waals surface area contributed by atoms with Crippen LogP contribution in [-0.4, -0.2) is 37.7 Å². The highest BCUT2D eigenvalue weighted by atomic mass is 35.5. The number of phenols is 1. The number of nitrogens with zero attached hydrogens (tertiary/aromatic N) is 4. The van der Waals surface area contributed by atoms with Crippen LogP contribution < -0.4 is 5.43 Å². The zero-order valence-corrected chi connectivity index (χ0v) is 18.3. The highest BCUT2D eigenvalue weighted by Gasteiger charge is 2.17. The molecule has 1 aromatic heterocycles.